The molecule has 0 radical (unpaired) electrons. The molecule has 168 valence electrons. The van der Waals surface area contributed by atoms with Gasteiger partial charge >= 0.3 is 0 Å². The van der Waals surface area contributed by atoms with Crippen molar-refractivity contribution >= 4 is 5.91 Å². The van der Waals surface area contributed by atoms with Gasteiger partial charge in [-0.15, -0.1) is 5.10 Å². The highest BCUT2D eigenvalue weighted by atomic mass is 16.5. The largest absolute Gasteiger partial charge is 0.340 e. The van der Waals surface area contributed by atoms with Crippen LogP contribution in [0.5, 0.6) is 0 Å². The quantitative estimate of drug-likeness (QED) is 0.624. The Morgan fingerprint density at radius 2 is 2.03 bits per heavy atom. The normalized spacial score (nSPS) is 19.6. The topological polar surface area (TPSA) is 93.2 Å². The van der Waals surface area contributed by atoms with E-state index in [1.54, 1.807) is 6.92 Å². The highest BCUT2D eigenvalue weighted by Crippen LogP contribution is 2.31. The fourth-order valence-corrected chi connectivity index (χ4v) is 4.89. The van der Waals surface area contributed by atoms with Crippen LogP contribution in [0.4, 0.5) is 0 Å². The van der Waals surface area contributed by atoms with Crippen molar-refractivity contribution in [3.63, 3.8) is 0 Å². The predicted molar refractivity (Wildman–Crippen MR) is 117 cm³/mol. The summed E-state index contributed by atoms with van der Waals surface area (Å²) in [6.07, 6.45) is 4.82. The third-order valence-corrected chi connectivity index (χ3v) is 6.61. The van der Waals surface area contributed by atoms with Gasteiger partial charge in [0.25, 0.3) is 5.91 Å². The number of benzene rings is 1. The molecule has 1 saturated heterocycles. The number of aryl methyl sites for hydroxylation is 1. The van der Waals surface area contributed by atoms with Crippen molar-refractivity contribution in [2.45, 2.75) is 58.5 Å². The number of likely N-dealkylation sites (N-methyl/N-ethyl adjacent to an activating group) is 1. The highest BCUT2D eigenvalue weighted by molar-refractivity contribution is 5.93. The minimum atomic E-state index is -0.202. The van der Waals surface area contributed by atoms with Gasteiger partial charge < -0.3 is 14.3 Å². The van der Waals surface area contributed by atoms with Crippen LogP contribution in [0.1, 0.15) is 70.7 Å². The molecule has 1 amide bonds. The first-order valence-corrected chi connectivity index (χ1v) is 11.4. The lowest BCUT2D eigenvalue weighted by molar-refractivity contribution is 0.0663. The molecule has 0 saturated carbocycles. The first-order valence-electron chi connectivity index (χ1n) is 11.4. The van der Waals surface area contributed by atoms with E-state index in [0.29, 0.717) is 24.0 Å². The third-order valence-electron chi connectivity index (χ3n) is 6.61. The van der Waals surface area contributed by atoms with Crippen LogP contribution in [0.2, 0.25) is 0 Å². The third kappa shape index (κ3) is 3.70. The molecular formula is C23H29N7O2. The zero-order chi connectivity index (χ0) is 22.2. The van der Waals surface area contributed by atoms with Crippen molar-refractivity contribution in [2.24, 2.45) is 0 Å². The molecule has 5 rings (SSSR count). The maximum absolute atomic E-state index is 13.7. The molecule has 3 aromatic rings. The van der Waals surface area contributed by atoms with Crippen molar-refractivity contribution in [2.75, 3.05) is 20.1 Å². The van der Waals surface area contributed by atoms with E-state index in [1.807, 2.05) is 16.5 Å². The van der Waals surface area contributed by atoms with Crippen molar-refractivity contribution in [1.82, 2.24) is 34.9 Å². The van der Waals surface area contributed by atoms with Gasteiger partial charge in [-0.2, -0.15) is 4.98 Å². The fourth-order valence-electron chi connectivity index (χ4n) is 4.89. The summed E-state index contributed by atoms with van der Waals surface area (Å²) in [7, 11) is 2.13. The fraction of sp³-hybridized carbons (Fsp3) is 0.522. The van der Waals surface area contributed by atoms with Gasteiger partial charge in [-0.25, -0.2) is 4.68 Å². The van der Waals surface area contributed by atoms with Crippen LogP contribution in [-0.4, -0.2) is 61.0 Å². The molecule has 32 heavy (non-hydrogen) atoms. The lowest BCUT2D eigenvalue weighted by Gasteiger charge is -2.27. The monoisotopic (exact) mass is 435 g/mol. The molecule has 1 unspecified atom stereocenters. The zero-order valence-electron chi connectivity index (χ0n) is 18.9. The van der Waals surface area contributed by atoms with Crippen molar-refractivity contribution in [3.05, 3.63) is 52.4 Å². The summed E-state index contributed by atoms with van der Waals surface area (Å²) in [5, 5.41) is 12.9. The van der Waals surface area contributed by atoms with Gasteiger partial charge in [-0.1, -0.05) is 35.3 Å². The van der Waals surface area contributed by atoms with E-state index in [0.717, 1.165) is 56.6 Å². The number of rotatable bonds is 3. The second kappa shape index (κ2) is 8.46. The summed E-state index contributed by atoms with van der Waals surface area (Å²) in [4.78, 5) is 22.2. The maximum atomic E-state index is 13.7. The number of fused-ring (bicyclic) bond motifs is 1. The van der Waals surface area contributed by atoms with E-state index in [4.69, 9.17) is 4.52 Å². The SMILES string of the molecule is Cc1nc(C2CCCCCN2C(=O)c2nnn(-c3cccc4c3CCN(C)C4)c2C)no1. The average Bonchev–Trinajstić information content (AvgIpc) is 3.29. The van der Waals surface area contributed by atoms with E-state index < -0.39 is 0 Å². The Morgan fingerprint density at radius 3 is 2.84 bits per heavy atom. The molecule has 9 heteroatoms. The minimum Gasteiger partial charge on any atom is -0.340 e. The number of hydrogen-bond donors (Lipinski definition) is 0. The van der Waals surface area contributed by atoms with Crippen molar-refractivity contribution < 1.29 is 9.32 Å². The van der Waals surface area contributed by atoms with Crippen LogP contribution in [0.15, 0.2) is 22.7 Å². The Hall–Kier alpha value is -3.07. The Morgan fingerprint density at radius 1 is 1.16 bits per heavy atom. The van der Waals surface area contributed by atoms with Gasteiger partial charge in [0.05, 0.1) is 17.4 Å². The van der Waals surface area contributed by atoms with Crippen LogP contribution in [0.25, 0.3) is 5.69 Å². The lowest BCUT2D eigenvalue weighted by atomic mass is 9.98. The number of aromatic nitrogens is 5. The number of likely N-dealkylation sites (tertiary alicyclic amines) is 1. The van der Waals surface area contributed by atoms with Crippen LogP contribution in [0, 0.1) is 13.8 Å². The minimum absolute atomic E-state index is 0.118. The van der Waals surface area contributed by atoms with Gasteiger partial charge in [0.15, 0.2) is 11.5 Å². The molecule has 2 aliphatic rings. The van der Waals surface area contributed by atoms with Gasteiger partial charge in [0.1, 0.15) is 0 Å². The smallest absolute Gasteiger partial charge is 0.276 e. The number of amides is 1. The first kappa shape index (κ1) is 20.8. The number of carbonyl (C=O) groups is 1. The van der Waals surface area contributed by atoms with E-state index in [1.165, 1.54) is 11.1 Å². The molecule has 1 aromatic carbocycles. The summed E-state index contributed by atoms with van der Waals surface area (Å²) in [6, 6.07) is 6.09. The highest BCUT2D eigenvalue weighted by Gasteiger charge is 2.33. The Kier molecular flexibility index (Phi) is 5.50. The molecular weight excluding hydrogens is 406 g/mol. The standard InChI is InChI=1S/C23H29N7O2/c1-15-21(23(31)29-12-6-4-5-9-20(29)22-24-16(2)32-26-22)25-27-30(15)19-10-7-8-17-14-28(3)13-11-18(17)19/h7-8,10,20H,4-6,9,11-14H2,1-3H3. The van der Waals surface area contributed by atoms with Crippen molar-refractivity contribution in [1.29, 1.82) is 0 Å². The lowest BCUT2D eigenvalue weighted by Crippen LogP contribution is -2.36. The van der Waals surface area contributed by atoms with Crippen LogP contribution in [-0.2, 0) is 13.0 Å². The predicted octanol–water partition coefficient (Wildman–Crippen LogP) is 3.01. The zero-order valence-corrected chi connectivity index (χ0v) is 18.9. The van der Waals surface area contributed by atoms with E-state index >= 15 is 0 Å². The molecule has 2 aromatic heterocycles. The Bertz CT molecular complexity index is 1140. The molecule has 4 heterocycles. The average molecular weight is 436 g/mol. The molecule has 0 bridgehead atoms. The molecule has 1 atom stereocenters. The number of carbonyl (C=O) groups excluding carboxylic acids is 1. The molecule has 9 nitrogen and oxygen atoms in total. The van der Waals surface area contributed by atoms with Gasteiger partial charge in [0, 0.05) is 26.6 Å². The van der Waals surface area contributed by atoms with Crippen LogP contribution < -0.4 is 0 Å². The second-order valence-electron chi connectivity index (χ2n) is 8.87. The molecule has 0 spiro atoms. The molecule has 2 aliphatic heterocycles. The molecule has 1 fully saturated rings. The Labute approximate surface area is 187 Å². The van der Waals surface area contributed by atoms with Crippen LogP contribution in [0.3, 0.4) is 0 Å². The van der Waals surface area contributed by atoms with Gasteiger partial charge in [0.2, 0.25) is 5.89 Å². The molecule has 0 aliphatic carbocycles. The summed E-state index contributed by atoms with van der Waals surface area (Å²) in [5.41, 5.74) is 4.75. The number of nitrogens with zero attached hydrogens (tertiary/aromatic N) is 7. The second-order valence-corrected chi connectivity index (χ2v) is 8.87. The van der Waals surface area contributed by atoms with E-state index in [9.17, 15) is 4.79 Å². The van der Waals surface area contributed by atoms with E-state index in [2.05, 4.69) is 50.6 Å². The first-order chi connectivity index (χ1) is 15.5. The van der Waals surface area contributed by atoms with Gasteiger partial charge in [-0.05, 0) is 50.4 Å². The maximum Gasteiger partial charge on any atom is 0.276 e. The number of hydrogen-bond acceptors (Lipinski definition) is 7. The summed E-state index contributed by atoms with van der Waals surface area (Å²) >= 11 is 0. The van der Waals surface area contributed by atoms with Crippen LogP contribution >= 0.6 is 0 Å². The summed E-state index contributed by atoms with van der Waals surface area (Å²) < 4.78 is 7.03. The Balaban J connectivity index is 1.49. The summed E-state index contributed by atoms with van der Waals surface area (Å²) in [6.45, 7) is 6.27. The molecule has 0 N–H and O–H groups in total. The van der Waals surface area contributed by atoms with E-state index in [-0.39, 0.29) is 11.9 Å². The van der Waals surface area contributed by atoms with Gasteiger partial charge in [-0.3, -0.25) is 4.79 Å². The van der Waals surface area contributed by atoms with Crippen molar-refractivity contribution in [3.8, 4) is 5.69 Å². The summed E-state index contributed by atoms with van der Waals surface area (Å²) in [5.74, 6) is 0.968.